The summed E-state index contributed by atoms with van der Waals surface area (Å²) >= 11 is 0. The van der Waals surface area contributed by atoms with Crippen LogP contribution in [-0.4, -0.2) is 0 Å². The summed E-state index contributed by atoms with van der Waals surface area (Å²) in [7, 11) is 0. The van der Waals surface area contributed by atoms with Crippen LogP contribution >= 0.6 is 0 Å². The van der Waals surface area contributed by atoms with Gasteiger partial charge in [-0.2, -0.15) is 0 Å². The zero-order valence-corrected chi connectivity index (χ0v) is 9.21. The molecular weight excluding hydrogens is 172 g/mol. The van der Waals surface area contributed by atoms with E-state index in [0.717, 1.165) is 12.2 Å². The highest BCUT2D eigenvalue weighted by atomic mass is 16.5. The van der Waals surface area contributed by atoms with Crippen LogP contribution in [0.5, 0.6) is 0 Å². The van der Waals surface area contributed by atoms with E-state index in [1.165, 1.54) is 5.56 Å². The lowest BCUT2D eigenvalue weighted by atomic mass is 9.93. The van der Waals surface area contributed by atoms with Crippen molar-refractivity contribution in [3.05, 3.63) is 48.2 Å². The number of rotatable bonds is 4. The van der Waals surface area contributed by atoms with Crippen LogP contribution in [-0.2, 0) is 10.3 Å². The largest absolute Gasteiger partial charge is 0.488 e. The van der Waals surface area contributed by atoms with E-state index in [0.29, 0.717) is 0 Å². The van der Waals surface area contributed by atoms with Crippen LogP contribution < -0.4 is 0 Å². The van der Waals surface area contributed by atoms with Gasteiger partial charge in [0.25, 0.3) is 0 Å². The van der Waals surface area contributed by atoms with Gasteiger partial charge in [0, 0.05) is 0 Å². The van der Waals surface area contributed by atoms with Crippen molar-refractivity contribution in [3.8, 4) is 0 Å². The van der Waals surface area contributed by atoms with Gasteiger partial charge in [-0.05, 0) is 25.8 Å². The second kappa shape index (κ2) is 4.32. The molecule has 1 atom stereocenters. The first kappa shape index (κ1) is 10.8. The average Bonchev–Trinajstić information content (AvgIpc) is 2.18. The Kier molecular flexibility index (Phi) is 3.34. The number of benzene rings is 1. The Bertz CT molecular complexity index is 302. The van der Waals surface area contributed by atoms with Crippen LogP contribution in [0.4, 0.5) is 0 Å². The molecule has 14 heavy (non-hydrogen) atoms. The Balaban J connectivity index is 2.95. The first-order valence-electron chi connectivity index (χ1n) is 4.98. The maximum atomic E-state index is 5.78. The second-order valence-corrected chi connectivity index (χ2v) is 3.75. The molecule has 0 heterocycles. The van der Waals surface area contributed by atoms with Gasteiger partial charge in [0.2, 0.25) is 0 Å². The van der Waals surface area contributed by atoms with E-state index < -0.39 is 0 Å². The van der Waals surface area contributed by atoms with E-state index in [1.807, 2.05) is 25.1 Å². The van der Waals surface area contributed by atoms with Gasteiger partial charge in [-0.1, -0.05) is 43.8 Å². The predicted molar refractivity (Wildman–Crippen MR) is 60.0 cm³/mol. The number of hydrogen-bond donors (Lipinski definition) is 0. The van der Waals surface area contributed by atoms with Gasteiger partial charge >= 0.3 is 0 Å². The van der Waals surface area contributed by atoms with Crippen molar-refractivity contribution in [2.24, 2.45) is 0 Å². The lowest BCUT2D eigenvalue weighted by molar-refractivity contribution is 0.0124. The molecule has 0 aliphatic carbocycles. The molecule has 1 aromatic carbocycles. The van der Waals surface area contributed by atoms with E-state index in [1.54, 1.807) is 0 Å². The molecule has 1 nitrogen and oxygen atoms in total. The van der Waals surface area contributed by atoms with Crippen molar-refractivity contribution in [2.45, 2.75) is 32.8 Å². The fourth-order valence-electron chi connectivity index (χ4n) is 1.51. The van der Waals surface area contributed by atoms with Crippen LogP contribution in [0, 0.1) is 0 Å². The first-order chi connectivity index (χ1) is 6.58. The topological polar surface area (TPSA) is 9.23 Å². The van der Waals surface area contributed by atoms with Crippen molar-refractivity contribution in [1.29, 1.82) is 0 Å². The maximum Gasteiger partial charge on any atom is 0.130 e. The summed E-state index contributed by atoms with van der Waals surface area (Å²) in [5.74, 6) is 0.762. The highest BCUT2D eigenvalue weighted by Gasteiger charge is 2.25. The molecule has 0 fully saturated rings. The molecule has 0 aliphatic heterocycles. The normalized spacial score (nSPS) is 14.5. The summed E-state index contributed by atoms with van der Waals surface area (Å²) in [6, 6.07) is 10.3. The molecule has 76 valence electrons. The molecule has 0 bridgehead atoms. The Labute approximate surface area is 86.4 Å². The van der Waals surface area contributed by atoms with Gasteiger partial charge in [-0.25, -0.2) is 0 Å². The SMILES string of the molecule is C=C(C)OC(C)(CC)c1ccccc1. The van der Waals surface area contributed by atoms with Crippen molar-refractivity contribution < 1.29 is 4.74 Å². The maximum absolute atomic E-state index is 5.78. The van der Waals surface area contributed by atoms with Crippen molar-refractivity contribution >= 4 is 0 Å². The third kappa shape index (κ3) is 2.38. The molecule has 0 aliphatic rings. The molecule has 1 rings (SSSR count). The molecule has 1 heteroatoms. The molecule has 0 aromatic heterocycles. The molecular formula is C13H18O. The number of hydrogen-bond acceptors (Lipinski definition) is 1. The van der Waals surface area contributed by atoms with Gasteiger partial charge < -0.3 is 4.74 Å². The lowest BCUT2D eigenvalue weighted by Gasteiger charge is -2.30. The van der Waals surface area contributed by atoms with Crippen LogP contribution in [0.1, 0.15) is 32.8 Å². The standard InChI is InChI=1S/C13H18O/c1-5-13(4,14-11(2)3)12-9-7-6-8-10-12/h6-10H,2,5H2,1,3-4H3. The molecule has 0 radical (unpaired) electrons. The molecule has 1 unspecified atom stereocenters. The average molecular weight is 190 g/mol. The summed E-state index contributed by atoms with van der Waals surface area (Å²) in [5, 5.41) is 0. The van der Waals surface area contributed by atoms with Crippen LogP contribution in [0.3, 0.4) is 0 Å². The lowest BCUT2D eigenvalue weighted by Crippen LogP contribution is -2.23. The van der Waals surface area contributed by atoms with Crippen molar-refractivity contribution in [3.63, 3.8) is 0 Å². The van der Waals surface area contributed by atoms with E-state index in [2.05, 4.69) is 32.6 Å². The van der Waals surface area contributed by atoms with Crippen molar-refractivity contribution in [1.82, 2.24) is 0 Å². The molecule has 0 saturated carbocycles. The third-order valence-corrected chi connectivity index (χ3v) is 2.46. The van der Waals surface area contributed by atoms with Gasteiger partial charge in [-0.15, -0.1) is 0 Å². The predicted octanol–water partition coefficient (Wildman–Crippen LogP) is 3.86. The first-order valence-corrected chi connectivity index (χ1v) is 4.98. The number of ether oxygens (including phenoxy) is 1. The van der Waals surface area contributed by atoms with Gasteiger partial charge in [-0.3, -0.25) is 0 Å². The van der Waals surface area contributed by atoms with Crippen LogP contribution in [0.2, 0.25) is 0 Å². The van der Waals surface area contributed by atoms with Crippen LogP contribution in [0.25, 0.3) is 0 Å². The third-order valence-electron chi connectivity index (χ3n) is 2.46. The van der Waals surface area contributed by atoms with Crippen LogP contribution in [0.15, 0.2) is 42.7 Å². The quantitative estimate of drug-likeness (QED) is 0.655. The highest BCUT2D eigenvalue weighted by molar-refractivity contribution is 5.22. The summed E-state index contributed by atoms with van der Waals surface area (Å²) < 4.78 is 5.78. The molecule has 0 spiro atoms. The van der Waals surface area contributed by atoms with E-state index in [9.17, 15) is 0 Å². The minimum absolute atomic E-state index is 0.243. The number of allylic oxidation sites excluding steroid dienone is 1. The Hall–Kier alpha value is -1.24. The molecule has 1 aromatic rings. The summed E-state index contributed by atoms with van der Waals surface area (Å²) in [6.45, 7) is 9.89. The fraction of sp³-hybridized carbons (Fsp3) is 0.385. The Morgan fingerprint density at radius 2 is 1.93 bits per heavy atom. The van der Waals surface area contributed by atoms with E-state index in [-0.39, 0.29) is 5.60 Å². The fourth-order valence-corrected chi connectivity index (χ4v) is 1.51. The molecule has 0 N–H and O–H groups in total. The minimum atomic E-state index is -0.243. The smallest absolute Gasteiger partial charge is 0.130 e. The monoisotopic (exact) mass is 190 g/mol. The minimum Gasteiger partial charge on any atom is -0.488 e. The van der Waals surface area contributed by atoms with E-state index >= 15 is 0 Å². The summed E-state index contributed by atoms with van der Waals surface area (Å²) in [5.41, 5.74) is 0.957. The van der Waals surface area contributed by atoms with E-state index in [4.69, 9.17) is 4.74 Å². The Morgan fingerprint density at radius 3 is 2.36 bits per heavy atom. The summed E-state index contributed by atoms with van der Waals surface area (Å²) in [4.78, 5) is 0. The van der Waals surface area contributed by atoms with Gasteiger partial charge in [0.1, 0.15) is 5.60 Å². The Morgan fingerprint density at radius 1 is 1.36 bits per heavy atom. The van der Waals surface area contributed by atoms with Gasteiger partial charge in [0.15, 0.2) is 0 Å². The van der Waals surface area contributed by atoms with Crippen molar-refractivity contribution in [2.75, 3.05) is 0 Å². The molecule has 0 amide bonds. The zero-order valence-electron chi connectivity index (χ0n) is 9.21. The summed E-state index contributed by atoms with van der Waals surface area (Å²) in [6.07, 6.45) is 0.934. The zero-order chi connectivity index (χ0) is 10.6. The highest BCUT2D eigenvalue weighted by Crippen LogP contribution is 2.30. The molecule has 0 saturated heterocycles. The second-order valence-electron chi connectivity index (χ2n) is 3.75. The van der Waals surface area contributed by atoms with Gasteiger partial charge in [0.05, 0.1) is 5.76 Å².